The van der Waals surface area contributed by atoms with Gasteiger partial charge in [-0.1, -0.05) is 29.3 Å². The SMILES string of the molecule is O=S(=O)(NC1CC1)[C@H]1CCOC[C@H]1Cc1c(Cl)cccc1Cl. The average molecular weight is 364 g/mol. The summed E-state index contributed by atoms with van der Waals surface area (Å²) in [6.45, 7) is 0.890. The molecule has 0 radical (unpaired) electrons. The Bertz CT molecular complexity index is 626. The molecule has 0 unspecified atom stereocenters. The molecule has 0 bridgehead atoms. The first-order valence-corrected chi connectivity index (χ1v) is 9.79. The van der Waals surface area contributed by atoms with E-state index in [0.29, 0.717) is 36.1 Å². The predicted octanol–water partition coefficient (Wildman–Crippen LogP) is 3.02. The minimum absolute atomic E-state index is 0.123. The molecule has 0 amide bonds. The van der Waals surface area contributed by atoms with E-state index in [0.717, 1.165) is 18.4 Å². The number of halogens is 2. The average Bonchev–Trinajstić information content (AvgIpc) is 3.27. The quantitative estimate of drug-likeness (QED) is 0.874. The molecule has 1 aromatic rings. The van der Waals surface area contributed by atoms with Gasteiger partial charge in [0.15, 0.2) is 0 Å². The summed E-state index contributed by atoms with van der Waals surface area (Å²) in [4.78, 5) is 0. The highest BCUT2D eigenvalue weighted by molar-refractivity contribution is 7.90. The van der Waals surface area contributed by atoms with Gasteiger partial charge in [0.1, 0.15) is 0 Å². The first-order valence-electron chi connectivity index (χ1n) is 7.49. The van der Waals surface area contributed by atoms with Gasteiger partial charge < -0.3 is 4.74 Å². The number of sulfonamides is 1. The molecule has 2 fully saturated rings. The largest absolute Gasteiger partial charge is 0.381 e. The zero-order chi connectivity index (χ0) is 15.7. The maximum absolute atomic E-state index is 12.6. The Labute approximate surface area is 141 Å². The second-order valence-corrected chi connectivity index (χ2v) is 8.75. The second-order valence-electron chi connectivity index (χ2n) is 6.00. The highest BCUT2D eigenvalue weighted by atomic mass is 35.5. The Balaban J connectivity index is 1.80. The van der Waals surface area contributed by atoms with Crippen molar-refractivity contribution in [2.75, 3.05) is 13.2 Å². The monoisotopic (exact) mass is 363 g/mol. The first-order chi connectivity index (χ1) is 10.5. The minimum atomic E-state index is -3.33. The molecule has 2 atom stereocenters. The Hall–Kier alpha value is -0.330. The fourth-order valence-electron chi connectivity index (χ4n) is 2.89. The smallest absolute Gasteiger partial charge is 0.215 e. The Kier molecular flexibility index (Phi) is 5.00. The molecule has 1 aromatic carbocycles. The van der Waals surface area contributed by atoms with Crippen LogP contribution in [0, 0.1) is 5.92 Å². The molecule has 1 saturated carbocycles. The molecule has 2 aliphatic rings. The number of rotatable bonds is 5. The van der Waals surface area contributed by atoms with Crippen LogP contribution in [0.4, 0.5) is 0 Å². The van der Waals surface area contributed by atoms with Gasteiger partial charge in [0.2, 0.25) is 10.0 Å². The van der Waals surface area contributed by atoms with Crippen molar-refractivity contribution in [3.63, 3.8) is 0 Å². The molecule has 0 spiro atoms. The van der Waals surface area contributed by atoms with Crippen molar-refractivity contribution in [2.45, 2.75) is 37.0 Å². The third-order valence-corrected chi connectivity index (χ3v) is 7.03. The van der Waals surface area contributed by atoms with Crippen molar-refractivity contribution in [3.05, 3.63) is 33.8 Å². The Morgan fingerprint density at radius 1 is 1.18 bits per heavy atom. The summed E-state index contributed by atoms with van der Waals surface area (Å²) in [5.74, 6) is -0.137. The van der Waals surface area contributed by atoms with Crippen molar-refractivity contribution >= 4 is 33.2 Å². The minimum Gasteiger partial charge on any atom is -0.381 e. The van der Waals surface area contributed by atoms with Crippen molar-refractivity contribution < 1.29 is 13.2 Å². The van der Waals surface area contributed by atoms with Crippen molar-refractivity contribution in [2.24, 2.45) is 5.92 Å². The molecule has 1 N–H and O–H groups in total. The van der Waals surface area contributed by atoms with Gasteiger partial charge in [-0.15, -0.1) is 0 Å². The maximum Gasteiger partial charge on any atom is 0.215 e. The van der Waals surface area contributed by atoms with Gasteiger partial charge in [-0.25, -0.2) is 13.1 Å². The van der Waals surface area contributed by atoms with Crippen LogP contribution in [0.5, 0.6) is 0 Å². The fraction of sp³-hybridized carbons (Fsp3) is 0.600. The lowest BCUT2D eigenvalue weighted by atomic mass is 9.93. The zero-order valence-electron chi connectivity index (χ0n) is 12.1. The lowest BCUT2D eigenvalue weighted by Gasteiger charge is -2.31. The molecule has 122 valence electrons. The Morgan fingerprint density at radius 2 is 1.86 bits per heavy atom. The summed E-state index contributed by atoms with van der Waals surface area (Å²) in [6, 6.07) is 5.46. The zero-order valence-corrected chi connectivity index (χ0v) is 14.4. The lowest BCUT2D eigenvalue weighted by Crippen LogP contribution is -2.45. The van der Waals surface area contributed by atoms with E-state index < -0.39 is 15.3 Å². The van der Waals surface area contributed by atoms with Crippen molar-refractivity contribution in [3.8, 4) is 0 Å². The maximum atomic E-state index is 12.6. The molecule has 3 rings (SSSR count). The normalized spacial score (nSPS) is 26.1. The molecule has 4 nitrogen and oxygen atoms in total. The van der Waals surface area contributed by atoms with Crippen LogP contribution in [0.15, 0.2) is 18.2 Å². The third-order valence-electron chi connectivity index (χ3n) is 4.24. The third kappa shape index (κ3) is 3.77. The number of ether oxygens (including phenoxy) is 1. The van der Waals surface area contributed by atoms with E-state index in [4.69, 9.17) is 27.9 Å². The first kappa shape index (κ1) is 16.5. The summed E-state index contributed by atoms with van der Waals surface area (Å²) >= 11 is 12.4. The molecular formula is C15H19Cl2NO3S. The van der Waals surface area contributed by atoms with E-state index in [1.165, 1.54) is 0 Å². The van der Waals surface area contributed by atoms with Crippen molar-refractivity contribution in [1.82, 2.24) is 4.72 Å². The van der Waals surface area contributed by atoms with Crippen LogP contribution in [0.1, 0.15) is 24.8 Å². The van der Waals surface area contributed by atoms with Gasteiger partial charge in [0.05, 0.1) is 11.9 Å². The summed E-state index contributed by atoms with van der Waals surface area (Å²) in [5, 5.41) is 0.697. The van der Waals surface area contributed by atoms with Crippen molar-refractivity contribution in [1.29, 1.82) is 0 Å². The van der Waals surface area contributed by atoms with E-state index in [1.807, 2.05) is 0 Å². The van der Waals surface area contributed by atoms with E-state index in [2.05, 4.69) is 4.72 Å². The van der Waals surface area contributed by atoms with Crippen LogP contribution in [0.2, 0.25) is 10.0 Å². The number of hydrogen-bond donors (Lipinski definition) is 1. The molecule has 0 aromatic heterocycles. The van der Waals surface area contributed by atoms with Gasteiger partial charge in [-0.2, -0.15) is 0 Å². The van der Waals surface area contributed by atoms with Crippen LogP contribution in [0.3, 0.4) is 0 Å². The van der Waals surface area contributed by atoms with Crippen LogP contribution in [-0.2, 0) is 21.2 Å². The number of benzene rings is 1. The Morgan fingerprint density at radius 3 is 2.50 bits per heavy atom. The van der Waals surface area contributed by atoms with Gasteiger partial charge in [0, 0.05) is 28.6 Å². The van der Waals surface area contributed by atoms with Gasteiger partial charge in [-0.3, -0.25) is 0 Å². The number of nitrogens with one attached hydrogen (secondary N) is 1. The summed E-state index contributed by atoms with van der Waals surface area (Å²) in [6.07, 6.45) is 2.89. The topological polar surface area (TPSA) is 55.4 Å². The molecule has 22 heavy (non-hydrogen) atoms. The van der Waals surface area contributed by atoms with E-state index >= 15 is 0 Å². The van der Waals surface area contributed by atoms with Crippen LogP contribution in [0.25, 0.3) is 0 Å². The van der Waals surface area contributed by atoms with E-state index in [-0.39, 0.29) is 12.0 Å². The molecule has 7 heteroatoms. The molecule has 1 aliphatic heterocycles. The number of hydrogen-bond acceptors (Lipinski definition) is 3. The fourth-order valence-corrected chi connectivity index (χ4v) is 5.40. The molecule has 1 aliphatic carbocycles. The lowest BCUT2D eigenvalue weighted by molar-refractivity contribution is 0.0570. The van der Waals surface area contributed by atoms with Crippen LogP contribution >= 0.6 is 23.2 Å². The summed E-state index contributed by atoms with van der Waals surface area (Å²) in [5.41, 5.74) is 0.799. The molecular weight excluding hydrogens is 345 g/mol. The van der Waals surface area contributed by atoms with Crippen LogP contribution in [-0.4, -0.2) is 32.9 Å². The highest BCUT2D eigenvalue weighted by Gasteiger charge is 2.39. The highest BCUT2D eigenvalue weighted by Crippen LogP contribution is 2.32. The second kappa shape index (κ2) is 6.65. The standard InChI is InChI=1S/C15H19Cl2NO3S/c16-13-2-1-3-14(17)12(13)8-10-9-21-7-6-15(10)22(19,20)18-11-4-5-11/h1-3,10-11,15,18H,4-9H2/t10-,15+/m1/s1. The van der Waals surface area contributed by atoms with E-state index in [1.54, 1.807) is 18.2 Å². The van der Waals surface area contributed by atoms with Gasteiger partial charge in [-0.05, 0) is 43.4 Å². The summed E-state index contributed by atoms with van der Waals surface area (Å²) in [7, 11) is -3.33. The van der Waals surface area contributed by atoms with Gasteiger partial charge >= 0.3 is 0 Å². The van der Waals surface area contributed by atoms with E-state index in [9.17, 15) is 8.42 Å². The van der Waals surface area contributed by atoms with Gasteiger partial charge in [0.25, 0.3) is 0 Å². The summed E-state index contributed by atoms with van der Waals surface area (Å²) < 4.78 is 33.4. The molecule has 1 heterocycles. The van der Waals surface area contributed by atoms with Crippen LogP contribution < -0.4 is 4.72 Å². The predicted molar refractivity (Wildman–Crippen MR) is 88.0 cm³/mol. The molecule has 1 saturated heterocycles.